The third kappa shape index (κ3) is 7.02. The highest BCUT2D eigenvalue weighted by molar-refractivity contribution is 6.03. The Balaban J connectivity index is 1.42. The number of nitrogens with one attached hydrogen (secondary N) is 2. The summed E-state index contributed by atoms with van der Waals surface area (Å²) in [4.78, 5) is 29.6. The third-order valence-corrected chi connectivity index (χ3v) is 7.66. The molecule has 0 aliphatic carbocycles. The van der Waals surface area contributed by atoms with Gasteiger partial charge in [-0.05, 0) is 56.4 Å². The van der Waals surface area contributed by atoms with E-state index in [1.807, 2.05) is 35.9 Å². The fourth-order valence-corrected chi connectivity index (χ4v) is 5.33. The number of nitrogens with two attached hydrogens (primary N) is 1. The molecule has 9 nitrogen and oxygen atoms in total. The highest BCUT2D eigenvalue weighted by Crippen LogP contribution is 2.34. The topological polar surface area (TPSA) is 124 Å². The van der Waals surface area contributed by atoms with Gasteiger partial charge in [-0.25, -0.2) is 9.37 Å². The van der Waals surface area contributed by atoms with E-state index in [0.29, 0.717) is 36.6 Å². The lowest BCUT2D eigenvalue weighted by molar-refractivity contribution is -0.121. The van der Waals surface area contributed by atoms with Gasteiger partial charge in [0, 0.05) is 42.9 Å². The van der Waals surface area contributed by atoms with E-state index >= 15 is 0 Å². The van der Waals surface area contributed by atoms with E-state index in [1.165, 1.54) is 19.2 Å². The summed E-state index contributed by atoms with van der Waals surface area (Å²) in [5, 5.41) is 11.7. The summed E-state index contributed by atoms with van der Waals surface area (Å²) in [7, 11) is 1.44. The molecule has 0 fully saturated rings. The summed E-state index contributed by atoms with van der Waals surface area (Å²) in [6, 6.07) is 11.5. The lowest BCUT2D eigenvalue weighted by Gasteiger charge is -2.14. The maximum absolute atomic E-state index is 13.7. The molecule has 1 atom stereocenters. The molecular weight excluding hydrogens is 547 g/mol. The number of allylic oxidation sites excluding steroid dienone is 1. The molecule has 2 aromatic carbocycles. The number of aromatic nitrogens is 3. The second kappa shape index (κ2) is 13.5. The van der Waals surface area contributed by atoms with E-state index in [-0.39, 0.29) is 24.1 Å². The summed E-state index contributed by atoms with van der Waals surface area (Å²) in [5.41, 5.74) is 10.9. The molecule has 0 radical (unpaired) electrons. The molecule has 0 bridgehead atoms. The lowest BCUT2D eigenvalue weighted by Crippen LogP contribution is -2.33. The van der Waals surface area contributed by atoms with Crippen LogP contribution >= 0.6 is 0 Å². The molecular formula is C33H37FN6O3. The normalized spacial score (nSPS) is 17.0. The number of carbonyl (C=O) groups is 2. The molecule has 1 aliphatic rings. The minimum absolute atomic E-state index is 0.000319. The number of ether oxygens (including phenoxy) is 1. The molecule has 2 amide bonds. The van der Waals surface area contributed by atoms with Crippen LogP contribution in [-0.2, 0) is 17.9 Å². The first-order valence-corrected chi connectivity index (χ1v) is 14.7. The van der Waals surface area contributed by atoms with E-state index in [2.05, 4.69) is 27.8 Å². The van der Waals surface area contributed by atoms with Crippen LogP contribution in [0.25, 0.3) is 28.2 Å². The van der Waals surface area contributed by atoms with Crippen molar-refractivity contribution < 1.29 is 18.7 Å². The Hall–Kier alpha value is -4.73. The lowest BCUT2D eigenvalue weighted by atomic mass is 10.0. The monoisotopic (exact) mass is 584 g/mol. The van der Waals surface area contributed by atoms with E-state index in [1.54, 1.807) is 6.20 Å². The summed E-state index contributed by atoms with van der Waals surface area (Å²) >= 11 is 0. The number of nitrogen functional groups attached to an aromatic ring is 1. The van der Waals surface area contributed by atoms with Gasteiger partial charge in [0.05, 0.1) is 23.6 Å². The average Bonchev–Trinajstić information content (AvgIpc) is 3.39. The van der Waals surface area contributed by atoms with Gasteiger partial charge in [0.15, 0.2) is 0 Å². The molecule has 4 N–H and O–H groups in total. The molecule has 43 heavy (non-hydrogen) atoms. The molecule has 0 saturated heterocycles. The van der Waals surface area contributed by atoms with Crippen molar-refractivity contribution in [3.8, 4) is 17.0 Å². The number of aryl methyl sites for hydroxylation is 1. The Morgan fingerprint density at radius 2 is 2.00 bits per heavy atom. The predicted octanol–water partition coefficient (Wildman–Crippen LogP) is 5.63. The fourth-order valence-electron chi connectivity index (χ4n) is 5.33. The fraction of sp³-hybridized carbons (Fsp3) is 0.333. The molecule has 0 unspecified atom stereocenters. The largest absolute Gasteiger partial charge is 0.496 e. The molecule has 4 aromatic rings. The van der Waals surface area contributed by atoms with Crippen molar-refractivity contribution in [1.29, 1.82) is 0 Å². The number of benzene rings is 2. The smallest absolute Gasteiger partial charge is 0.255 e. The molecule has 10 heteroatoms. The number of hydrogen-bond donors (Lipinski definition) is 3. The minimum Gasteiger partial charge on any atom is -0.496 e. The number of pyridine rings is 1. The van der Waals surface area contributed by atoms with Gasteiger partial charge in [0.2, 0.25) is 5.91 Å². The van der Waals surface area contributed by atoms with E-state index in [9.17, 15) is 14.0 Å². The summed E-state index contributed by atoms with van der Waals surface area (Å²) in [6.07, 6.45) is 11.1. The van der Waals surface area contributed by atoms with Crippen LogP contribution in [-0.4, -0.2) is 39.7 Å². The quantitative estimate of drug-likeness (QED) is 0.279. The molecule has 0 spiro atoms. The molecule has 5 rings (SSSR count). The second-order valence-corrected chi connectivity index (χ2v) is 10.9. The van der Waals surface area contributed by atoms with Crippen LogP contribution in [0.2, 0.25) is 0 Å². The SMILES string of the molecule is COc1ccc(F)cc1C(=O)NCc1ccc(-c2nn3c4c(cnc(N)c24)/C=C/CCCCCC(=O)N[C@H](C)CC3)cc1. The van der Waals surface area contributed by atoms with Crippen LogP contribution in [0, 0.1) is 5.82 Å². The van der Waals surface area contributed by atoms with Gasteiger partial charge < -0.3 is 21.1 Å². The first-order valence-electron chi connectivity index (χ1n) is 14.7. The maximum Gasteiger partial charge on any atom is 0.255 e. The Labute approximate surface area is 250 Å². The van der Waals surface area contributed by atoms with Crippen molar-refractivity contribution in [2.24, 2.45) is 0 Å². The number of hydrogen-bond acceptors (Lipinski definition) is 6. The number of anilines is 1. The van der Waals surface area contributed by atoms with Gasteiger partial charge in [-0.2, -0.15) is 5.10 Å². The number of rotatable bonds is 5. The number of nitrogens with zero attached hydrogens (tertiary/aromatic N) is 3. The highest BCUT2D eigenvalue weighted by atomic mass is 19.1. The van der Waals surface area contributed by atoms with Crippen LogP contribution in [0.4, 0.5) is 10.2 Å². The summed E-state index contributed by atoms with van der Waals surface area (Å²) in [6.45, 7) is 2.85. The van der Waals surface area contributed by atoms with E-state index in [0.717, 1.165) is 59.3 Å². The molecule has 0 saturated carbocycles. The third-order valence-electron chi connectivity index (χ3n) is 7.66. The van der Waals surface area contributed by atoms with E-state index in [4.69, 9.17) is 15.6 Å². The van der Waals surface area contributed by atoms with Crippen LogP contribution in [0.3, 0.4) is 0 Å². The molecule has 1 aliphatic heterocycles. The zero-order valence-corrected chi connectivity index (χ0v) is 24.5. The molecule has 2 aromatic heterocycles. The standard InChI is InChI=1S/C33H37FN6O3/c1-21-16-17-40-31-24(8-6-4-3-5-7-9-28(41)38-21)20-36-32(35)29(31)30(39-40)23-12-10-22(11-13-23)19-37-33(42)26-18-25(34)14-15-27(26)43-2/h6,8,10-15,18,20-21H,3-5,7,9,16-17,19H2,1-2H3,(H2,35,36)(H,37,42)(H,38,41)/b8-6+/t21-/m1/s1. The van der Waals surface area contributed by atoms with Crippen LogP contribution in [0.1, 0.15) is 66.9 Å². The van der Waals surface area contributed by atoms with Gasteiger partial charge in [0.1, 0.15) is 23.1 Å². The number of carbonyl (C=O) groups excluding carboxylic acids is 2. The Bertz CT molecular complexity index is 1650. The number of amides is 2. The van der Waals surface area contributed by atoms with Crippen molar-refractivity contribution in [3.05, 3.63) is 77.2 Å². The van der Waals surface area contributed by atoms with Gasteiger partial charge in [-0.15, -0.1) is 0 Å². The zero-order valence-electron chi connectivity index (χ0n) is 24.5. The van der Waals surface area contributed by atoms with Crippen molar-refractivity contribution in [3.63, 3.8) is 0 Å². The highest BCUT2D eigenvalue weighted by Gasteiger charge is 2.20. The van der Waals surface area contributed by atoms with Gasteiger partial charge >= 0.3 is 0 Å². The molecule has 3 heterocycles. The molecule has 224 valence electrons. The zero-order chi connectivity index (χ0) is 30.3. The maximum atomic E-state index is 13.7. The van der Waals surface area contributed by atoms with Crippen LogP contribution in [0.5, 0.6) is 5.75 Å². The van der Waals surface area contributed by atoms with Crippen molar-refractivity contribution in [2.75, 3.05) is 12.8 Å². The second-order valence-electron chi connectivity index (χ2n) is 10.9. The average molecular weight is 585 g/mol. The Morgan fingerprint density at radius 3 is 2.79 bits per heavy atom. The first-order chi connectivity index (χ1) is 20.8. The van der Waals surface area contributed by atoms with Gasteiger partial charge in [0.25, 0.3) is 5.91 Å². The van der Waals surface area contributed by atoms with Crippen molar-refractivity contribution in [1.82, 2.24) is 25.4 Å². The Kier molecular flexibility index (Phi) is 9.34. The Morgan fingerprint density at radius 1 is 1.19 bits per heavy atom. The summed E-state index contributed by atoms with van der Waals surface area (Å²) in [5.74, 6) is -0.154. The van der Waals surface area contributed by atoms with Gasteiger partial charge in [-0.1, -0.05) is 42.8 Å². The van der Waals surface area contributed by atoms with Crippen molar-refractivity contribution in [2.45, 2.75) is 64.6 Å². The van der Waals surface area contributed by atoms with Crippen LogP contribution < -0.4 is 21.1 Å². The minimum atomic E-state index is -0.511. The van der Waals surface area contributed by atoms with E-state index < -0.39 is 11.7 Å². The summed E-state index contributed by atoms with van der Waals surface area (Å²) < 4.78 is 20.9. The van der Waals surface area contributed by atoms with Crippen LogP contribution in [0.15, 0.2) is 54.7 Å². The number of halogens is 1. The predicted molar refractivity (Wildman–Crippen MR) is 166 cm³/mol. The number of methoxy groups -OCH3 is 1. The first kappa shape index (κ1) is 29.8. The van der Waals surface area contributed by atoms with Gasteiger partial charge in [-0.3, -0.25) is 14.3 Å². The van der Waals surface area contributed by atoms with Crippen molar-refractivity contribution >= 4 is 34.6 Å².